The monoisotopic (exact) mass is 945 g/mol. The minimum Gasteiger partial charge on any atom is -0.495 e. The summed E-state index contributed by atoms with van der Waals surface area (Å²) in [5, 5.41) is 16.9. The zero-order chi connectivity index (χ0) is 46.4. The summed E-state index contributed by atoms with van der Waals surface area (Å²) in [5.74, 6) is -4.68. The number of rotatable bonds is 22. The lowest BCUT2D eigenvalue weighted by molar-refractivity contribution is -0.118. The van der Waals surface area contributed by atoms with Gasteiger partial charge in [0, 0.05) is 22.5 Å². The number of esters is 1. The number of amides is 1. The predicted molar refractivity (Wildman–Crippen MR) is 222 cm³/mol. The molecule has 4 rings (SSSR count). The highest BCUT2D eigenvalue weighted by atomic mass is 35.5. The SMILES string of the molecule is COc1cc(C(=O)OCOC(=O)OCCOCCOCCOCCOP(=O)(O)O)ccc1NC(=O)[C@@H]1NC(CC(C)(C)C)[C@](C#N)(c2ccc(Cl)cc2F)C1c1cccc(Cl)c1F. The molecule has 1 aliphatic heterocycles. The molecule has 3 aromatic carbocycles. The van der Waals surface area contributed by atoms with Crippen molar-refractivity contribution in [3.05, 3.63) is 93.0 Å². The van der Waals surface area contributed by atoms with E-state index in [1.54, 1.807) is 0 Å². The van der Waals surface area contributed by atoms with Gasteiger partial charge in [0.2, 0.25) is 12.7 Å². The molecule has 0 aliphatic carbocycles. The van der Waals surface area contributed by atoms with Gasteiger partial charge in [-0.25, -0.2) is 22.9 Å². The maximum atomic E-state index is 16.1. The maximum Gasteiger partial charge on any atom is 0.511 e. The molecule has 17 nitrogen and oxygen atoms in total. The van der Waals surface area contributed by atoms with Gasteiger partial charge in [0.05, 0.1) is 81.7 Å². The van der Waals surface area contributed by atoms with E-state index < -0.39 is 73.1 Å². The third kappa shape index (κ3) is 14.5. The standard InChI is InChI=1S/C41H48Cl2F2N3O14P/c1-40(2,3)22-33-41(23-46,28-10-9-26(42)21-30(28)44)34(27-6-5-7-29(43)35(27)45)36(48-33)37(49)47-31-11-8-25(20-32(31)55-4)38(50)60-24-61-39(51)59-18-16-57-14-12-56-13-15-58-17-19-62-63(52,53)54/h5-11,20-21,33-34,36,48H,12-19,22,24H2,1-4H3,(H,47,49)(H2,52,53,54)/t33?,34?,36-,41+/m1/s1. The number of phosphoric ester groups is 1. The van der Waals surface area contributed by atoms with Crippen LogP contribution in [0.2, 0.25) is 10.0 Å². The second-order valence-electron chi connectivity index (χ2n) is 15.0. The minimum absolute atomic E-state index is 0.00367. The summed E-state index contributed by atoms with van der Waals surface area (Å²) in [6.07, 6.45) is -0.887. The van der Waals surface area contributed by atoms with E-state index in [1.165, 1.54) is 55.6 Å². The average molecular weight is 947 g/mol. The normalized spacial score (nSPS) is 18.7. The van der Waals surface area contributed by atoms with E-state index in [0.29, 0.717) is 0 Å². The Morgan fingerprint density at radius 1 is 0.905 bits per heavy atom. The van der Waals surface area contributed by atoms with Crippen LogP contribution < -0.4 is 15.4 Å². The van der Waals surface area contributed by atoms with Crippen LogP contribution in [0, 0.1) is 28.4 Å². The van der Waals surface area contributed by atoms with Gasteiger partial charge in [-0.3, -0.25) is 9.32 Å². The summed E-state index contributed by atoms with van der Waals surface area (Å²) in [6, 6.07) is 12.0. The quantitative estimate of drug-likeness (QED) is 0.0357. The largest absolute Gasteiger partial charge is 0.511 e. The molecule has 2 unspecified atom stereocenters. The van der Waals surface area contributed by atoms with Gasteiger partial charge in [-0.15, -0.1) is 0 Å². The number of ether oxygens (including phenoxy) is 7. The highest BCUT2D eigenvalue weighted by Gasteiger charge is 2.61. The Morgan fingerprint density at radius 3 is 2.16 bits per heavy atom. The smallest absolute Gasteiger partial charge is 0.495 e. The first-order valence-corrected chi connectivity index (χ1v) is 21.6. The molecule has 1 saturated heterocycles. The molecule has 1 amide bonds. The molecule has 0 bridgehead atoms. The first kappa shape index (κ1) is 51.2. The lowest BCUT2D eigenvalue weighted by Crippen LogP contribution is -2.45. The molecule has 344 valence electrons. The zero-order valence-corrected chi connectivity index (χ0v) is 37.1. The van der Waals surface area contributed by atoms with Gasteiger partial charge in [0.25, 0.3) is 0 Å². The molecule has 3 aromatic rings. The third-order valence-corrected chi connectivity index (χ3v) is 10.5. The van der Waals surface area contributed by atoms with Gasteiger partial charge in [0.1, 0.15) is 29.4 Å². The van der Waals surface area contributed by atoms with E-state index in [1.807, 2.05) is 20.8 Å². The maximum absolute atomic E-state index is 16.1. The average Bonchev–Trinajstić information content (AvgIpc) is 3.53. The number of nitrogens with zero attached hydrogens (tertiary/aromatic N) is 1. The molecule has 1 aliphatic rings. The molecular formula is C41H48Cl2F2N3O14P. The number of nitrogens with one attached hydrogen (secondary N) is 2. The number of methoxy groups -OCH3 is 1. The lowest BCUT2D eigenvalue weighted by atomic mass is 9.62. The van der Waals surface area contributed by atoms with Gasteiger partial charge in [-0.1, -0.05) is 62.2 Å². The van der Waals surface area contributed by atoms with Crippen LogP contribution in [-0.4, -0.2) is 107 Å². The molecule has 22 heteroatoms. The van der Waals surface area contributed by atoms with Crippen molar-refractivity contribution in [2.45, 2.75) is 50.6 Å². The van der Waals surface area contributed by atoms with Crippen molar-refractivity contribution in [1.82, 2.24) is 5.32 Å². The predicted octanol–water partition coefficient (Wildman–Crippen LogP) is 6.67. The van der Waals surface area contributed by atoms with Gasteiger partial charge >= 0.3 is 19.9 Å². The van der Waals surface area contributed by atoms with Crippen LogP contribution in [0.25, 0.3) is 0 Å². The fourth-order valence-corrected chi connectivity index (χ4v) is 7.54. The van der Waals surface area contributed by atoms with E-state index in [-0.39, 0.29) is 97.4 Å². The van der Waals surface area contributed by atoms with Gasteiger partial charge in [-0.05, 0) is 53.8 Å². The van der Waals surface area contributed by atoms with Crippen molar-refractivity contribution < 1.29 is 75.2 Å². The number of halogens is 4. The van der Waals surface area contributed by atoms with E-state index in [2.05, 4.69) is 21.2 Å². The van der Waals surface area contributed by atoms with E-state index in [9.17, 15) is 24.2 Å². The van der Waals surface area contributed by atoms with E-state index in [0.717, 1.165) is 6.07 Å². The van der Waals surface area contributed by atoms with E-state index >= 15 is 8.78 Å². The zero-order valence-electron chi connectivity index (χ0n) is 34.7. The Bertz CT molecular complexity index is 2150. The van der Waals surface area contributed by atoms with Crippen LogP contribution in [-0.2, 0) is 47.7 Å². The first-order chi connectivity index (χ1) is 29.8. The van der Waals surface area contributed by atoms with Crippen molar-refractivity contribution >= 4 is 54.7 Å². The number of carbonyl (C=O) groups excluding carboxylic acids is 3. The van der Waals surface area contributed by atoms with Crippen molar-refractivity contribution in [3.63, 3.8) is 0 Å². The van der Waals surface area contributed by atoms with Crippen LogP contribution in [0.3, 0.4) is 0 Å². The molecule has 1 fully saturated rings. The van der Waals surface area contributed by atoms with Crippen LogP contribution in [0.5, 0.6) is 5.75 Å². The molecule has 0 radical (unpaired) electrons. The third-order valence-electron chi connectivity index (χ3n) is 9.47. The van der Waals surface area contributed by atoms with Crippen LogP contribution in [0.4, 0.5) is 19.3 Å². The summed E-state index contributed by atoms with van der Waals surface area (Å²) in [7, 11) is -3.25. The second kappa shape index (κ2) is 23.5. The van der Waals surface area contributed by atoms with Crippen LogP contribution >= 0.6 is 31.0 Å². The number of benzene rings is 3. The van der Waals surface area contributed by atoms with Crippen molar-refractivity contribution in [1.29, 1.82) is 5.26 Å². The molecule has 0 spiro atoms. The molecule has 4 N–H and O–H groups in total. The van der Waals surface area contributed by atoms with Crippen molar-refractivity contribution in [2.24, 2.45) is 5.41 Å². The van der Waals surface area contributed by atoms with Crippen molar-refractivity contribution in [2.75, 3.05) is 72.1 Å². The number of anilines is 1. The Labute approximate surface area is 372 Å². The summed E-state index contributed by atoms with van der Waals surface area (Å²) in [6.45, 7) is 5.18. The number of hydrogen-bond donors (Lipinski definition) is 4. The van der Waals surface area contributed by atoms with Gasteiger partial charge in [-0.2, -0.15) is 5.26 Å². The summed E-state index contributed by atoms with van der Waals surface area (Å²) < 4.78 is 82.6. The Kier molecular flexibility index (Phi) is 19.1. The minimum atomic E-state index is -4.53. The van der Waals surface area contributed by atoms with Crippen LogP contribution in [0.1, 0.15) is 54.6 Å². The molecular weight excluding hydrogens is 898 g/mol. The fraction of sp³-hybridized carbons (Fsp3) is 0.463. The summed E-state index contributed by atoms with van der Waals surface area (Å²) >= 11 is 12.3. The van der Waals surface area contributed by atoms with Crippen molar-refractivity contribution in [3.8, 4) is 11.8 Å². The first-order valence-electron chi connectivity index (χ1n) is 19.3. The van der Waals surface area contributed by atoms with Gasteiger partial charge < -0.3 is 53.6 Å². The summed E-state index contributed by atoms with van der Waals surface area (Å²) in [4.78, 5) is 56.3. The lowest BCUT2D eigenvalue weighted by Gasteiger charge is -2.37. The molecule has 63 heavy (non-hydrogen) atoms. The van der Waals surface area contributed by atoms with E-state index in [4.69, 9.17) is 66.1 Å². The topological polar surface area (TPSA) is 230 Å². The Hall–Kier alpha value is -4.45. The Balaban J connectivity index is 1.36. The molecule has 0 aromatic heterocycles. The molecule has 0 saturated carbocycles. The Morgan fingerprint density at radius 2 is 1.56 bits per heavy atom. The van der Waals surface area contributed by atoms with Crippen LogP contribution in [0.15, 0.2) is 54.6 Å². The number of carbonyl (C=O) groups is 3. The summed E-state index contributed by atoms with van der Waals surface area (Å²) in [5.41, 5.74) is -2.47. The second-order valence-corrected chi connectivity index (χ2v) is 17.1. The molecule has 1 heterocycles. The number of nitriles is 1. The van der Waals surface area contributed by atoms with Gasteiger partial charge in [0.15, 0.2) is 0 Å². The number of hydrogen-bond acceptors (Lipinski definition) is 14. The number of phosphoric acid groups is 1. The highest BCUT2D eigenvalue weighted by molar-refractivity contribution is 7.46. The fourth-order valence-electron chi connectivity index (χ4n) is 6.89. The highest BCUT2D eigenvalue weighted by Crippen LogP contribution is 2.53. The molecule has 4 atom stereocenters.